The Hall–Kier alpha value is -2.63. The lowest BCUT2D eigenvalue weighted by Gasteiger charge is -2.40. The van der Waals surface area contributed by atoms with Gasteiger partial charge in [-0.2, -0.15) is 0 Å². The molecule has 1 saturated heterocycles. The molecule has 0 spiro atoms. The number of nitrogens with one attached hydrogen (secondary N) is 1. The molecule has 1 fully saturated rings. The molecule has 0 aromatic rings. The summed E-state index contributed by atoms with van der Waals surface area (Å²) >= 11 is 0. The van der Waals surface area contributed by atoms with Crippen molar-refractivity contribution < 1.29 is 39.8 Å². The van der Waals surface area contributed by atoms with Gasteiger partial charge in [-0.3, -0.25) is 4.79 Å². The molecule has 0 aromatic carbocycles. The molecule has 9 nitrogen and oxygen atoms in total. The monoisotopic (exact) mass is 1090 g/mol. The van der Waals surface area contributed by atoms with Crippen molar-refractivity contribution in [2.75, 3.05) is 13.2 Å². The van der Waals surface area contributed by atoms with Crippen LogP contribution >= 0.6 is 0 Å². The molecule has 452 valence electrons. The van der Waals surface area contributed by atoms with Gasteiger partial charge in [0, 0.05) is 6.42 Å². The van der Waals surface area contributed by atoms with E-state index in [-0.39, 0.29) is 12.5 Å². The van der Waals surface area contributed by atoms with Gasteiger partial charge in [0.05, 0.1) is 25.4 Å². The third-order valence-electron chi connectivity index (χ3n) is 15.2. The summed E-state index contributed by atoms with van der Waals surface area (Å²) in [5.41, 5.74) is 0. The molecule has 1 amide bonds. The van der Waals surface area contributed by atoms with E-state index in [2.05, 4.69) is 92.1 Å². The van der Waals surface area contributed by atoms with Crippen LogP contribution in [0.5, 0.6) is 0 Å². The van der Waals surface area contributed by atoms with E-state index in [1.807, 2.05) is 6.08 Å². The van der Waals surface area contributed by atoms with Gasteiger partial charge in [0.1, 0.15) is 24.4 Å². The van der Waals surface area contributed by atoms with Gasteiger partial charge < -0.3 is 40.3 Å². The van der Waals surface area contributed by atoms with E-state index < -0.39 is 49.5 Å². The fourth-order valence-electron chi connectivity index (χ4n) is 10.1. The average molecular weight is 1090 g/mol. The smallest absolute Gasteiger partial charge is 0.220 e. The zero-order valence-corrected chi connectivity index (χ0v) is 50.4. The third kappa shape index (κ3) is 46.0. The zero-order valence-electron chi connectivity index (χ0n) is 50.4. The second kappa shape index (κ2) is 57.6. The van der Waals surface area contributed by atoms with Crippen molar-refractivity contribution >= 4 is 5.91 Å². The molecule has 7 unspecified atom stereocenters. The Morgan fingerprint density at radius 2 is 0.795 bits per heavy atom. The number of aliphatic hydroxyl groups excluding tert-OH is 5. The van der Waals surface area contributed by atoms with E-state index >= 15 is 0 Å². The summed E-state index contributed by atoms with van der Waals surface area (Å²) in [5.74, 6) is -0.177. The normalized spacial score (nSPS) is 19.2. The number of amides is 1. The molecule has 1 aliphatic rings. The van der Waals surface area contributed by atoms with Gasteiger partial charge in [0.15, 0.2) is 6.29 Å². The van der Waals surface area contributed by atoms with E-state index in [1.54, 1.807) is 6.08 Å². The summed E-state index contributed by atoms with van der Waals surface area (Å²) in [6.07, 6.45) is 75.2. The lowest BCUT2D eigenvalue weighted by molar-refractivity contribution is -0.302. The Morgan fingerprint density at radius 1 is 0.449 bits per heavy atom. The molecule has 0 saturated carbocycles. The minimum Gasteiger partial charge on any atom is -0.394 e. The Morgan fingerprint density at radius 3 is 1.18 bits per heavy atom. The maximum absolute atomic E-state index is 13.1. The van der Waals surface area contributed by atoms with E-state index in [0.717, 1.165) is 77.0 Å². The molecule has 0 aliphatic carbocycles. The molecule has 0 aromatic heterocycles. The Kier molecular flexibility index (Phi) is 54.2. The third-order valence-corrected chi connectivity index (χ3v) is 15.2. The van der Waals surface area contributed by atoms with E-state index in [4.69, 9.17) is 9.47 Å². The van der Waals surface area contributed by atoms with E-state index in [9.17, 15) is 30.3 Å². The van der Waals surface area contributed by atoms with Gasteiger partial charge in [0.25, 0.3) is 0 Å². The summed E-state index contributed by atoms with van der Waals surface area (Å²) < 4.78 is 11.3. The number of hydrogen-bond donors (Lipinski definition) is 6. The topological polar surface area (TPSA) is 149 Å². The molecular weight excluding hydrogens is 971 g/mol. The van der Waals surface area contributed by atoms with Gasteiger partial charge in [0.2, 0.25) is 5.91 Å². The molecule has 0 radical (unpaired) electrons. The van der Waals surface area contributed by atoms with Crippen LogP contribution in [0.1, 0.15) is 290 Å². The van der Waals surface area contributed by atoms with Crippen molar-refractivity contribution in [1.29, 1.82) is 0 Å². The van der Waals surface area contributed by atoms with Crippen molar-refractivity contribution in [2.24, 2.45) is 0 Å². The second-order valence-corrected chi connectivity index (χ2v) is 22.5. The van der Waals surface area contributed by atoms with Crippen LogP contribution < -0.4 is 5.32 Å². The van der Waals surface area contributed by atoms with Gasteiger partial charge in [-0.15, -0.1) is 0 Å². The standard InChI is InChI=1S/C69H123NO8/c1-3-5-7-9-11-13-15-17-19-21-23-25-27-28-29-30-31-32-33-34-35-36-37-39-41-43-45-47-49-51-53-55-57-59-65(73)70-62(61-77-69-68(76)67(75)66(74)64(60-71)78-69)63(72)58-56-54-52-50-48-46-44-42-40-38-26-24-22-20-18-16-14-12-10-8-6-4-2/h5,7,11,13,17,19,23,25,28-29,31-32,56,58,62-64,66-69,71-72,74-76H,3-4,6,8-10,12,14-16,18,20-22,24,26-27,30,33-55,57,59-61H2,1-2H3,(H,70,73)/b7-5-,13-11-,19-17-,25-23-,29-28-,32-31-,58-56+. The highest BCUT2D eigenvalue weighted by Crippen LogP contribution is 2.23. The fraction of sp³-hybridized carbons (Fsp3) is 0.783. The first-order valence-corrected chi connectivity index (χ1v) is 32.8. The summed E-state index contributed by atoms with van der Waals surface area (Å²) in [6, 6.07) is -0.810. The number of aliphatic hydroxyl groups is 5. The highest BCUT2D eigenvalue weighted by atomic mass is 16.7. The lowest BCUT2D eigenvalue weighted by Crippen LogP contribution is -2.60. The molecule has 78 heavy (non-hydrogen) atoms. The van der Waals surface area contributed by atoms with Gasteiger partial charge in [-0.25, -0.2) is 0 Å². The first-order chi connectivity index (χ1) is 38.3. The number of carbonyl (C=O) groups excluding carboxylic acids is 1. The minimum absolute atomic E-state index is 0.177. The molecule has 1 heterocycles. The van der Waals surface area contributed by atoms with Crippen LogP contribution in [0.4, 0.5) is 0 Å². The zero-order chi connectivity index (χ0) is 56.5. The second-order valence-electron chi connectivity index (χ2n) is 22.5. The van der Waals surface area contributed by atoms with Crippen LogP contribution in [-0.2, 0) is 14.3 Å². The molecule has 7 atom stereocenters. The number of hydrogen-bond acceptors (Lipinski definition) is 8. The average Bonchev–Trinajstić information content (AvgIpc) is 3.45. The maximum Gasteiger partial charge on any atom is 0.220 e. The van der Waals surface area contributed by atoms with Crippen molar-refractivity contribution in [2.45, 2.75) is 333 Å². The number of carbonyl (C=O) groups is 1. The largest absolute Gasteiger partial charge is 0.394 e. The van der Waals surface area contributed by atoms with E-state index in [1.165, 1.54) is 193 Å². The number of allylic oxidation sites excluding steroid dienone is 13. The van der Waals surface area contributed by atoms with Crippen LogP contribution in [0.2, 0.25) is 0 Å². The van der Waals surface area contributed by atoms with Crippen molar-refractivity contribution in [1.82, 2.24) is 5.32 Å². The molecule has 6 N–H and O–H groups in total. The lowest BCUT2D eigenvalue weighted by atomic mass is 9.99. The molecule has 1 aliphatic heterocycles. The summed E-state index contributed by atoms with van der Waals surface area (Å²) in [5, 5.41) is 54.7. The Labute approximate surface area is 480 Å². The van der Waals surface area contributed by atoms with Crippen molar-refractivity contribution in [3.05, 3.63) is 85.1 Å². The fourth-order valence-corrected chi connectivity index (χ4v) is 10.1. The van der Waals surface area contributed by atoms with Crippen LogP contribution in [-0.4, -0.2) is 87.5 Å². The predicted molar refractivity (Wildman–Crippen MR) is 332 cm³/mol. The SMILES string of the molecule is CC/C=C\C/C=C\C/C=C\C/C=C\C/C=C\C/C=C\CCCCCCCCCCCCCCCCC(=O)NC(COC1OC(CO)C(O)C(O)C1O)C(O)/C=C/CCCCCCCCCCCCCCCCCCCCCC. The maximum atomic E-state index is 13.1. The summed E-state index contributed by atoms with van der Waals surface area (Å²) in [4.78, 5) is 13.1. The number of rotatable bonds is 56. The highest BCUT2D eigenvalue weighted by molar-refractivity contribution is 5.76. The first-order valence-electron chi connectivity index (χ1n) is 32.8. The van der Waals surface area contributed by atoms with Crippen molar-refractivity contribution in [3.8, 4) is 0 Å². The Bertz CT molecular complexity index is 1500. The first kappa shape index (κ1) is 73.4. The summed E-state index contributed by atoms with van der Waals surface area (Å²) in [7, 11) is 0. The van der Waals surface area contributed by atoms with Crippen LogP contribution in [0.25, 0.3) is 0 Å². The number of ether oxygens (including phenoxy) is 2. The molecule has 1 rings (SSSR count). The Balaban J connectivity index is 2.16. The van der Waals surface area contributed by atoms with Gasteiger partial charge in [-0.05, 0) is 70.6 Å². The highest BCUT2D eigenvalue weighted by Gasteiger charge is 2.44. The van der Waals surface area contributed by atoms with Crippen molar-refractivity contribution in [3.63, 3.8) is 0 Å². The molecule has 0 bridgehead atoms. The minimum atomic E-state index is -1.57. The number of unbranched alkanes of at least 4 members (excludes halogenated alkanes) is 34. The predicted octanol–water partition coefficient (Wildman–Crippen LogP) is 17.4. The van der Waals surface area contributed by atoms with E-state index in [0.29, 0.717) is 6.42 Å². The summed E-state index contributed by atoms with van der Waals surface area (Å²) in [6.45, 7) is 3.69. The van der Waals surface area contributed by atoms with Crippen LogP contribution in [0, 0.1) is 0 Å². The van der Waals surface area contributed by atoms with Gasteiger partial charge in [-0.1, -0.05) is 298 Å². The molecular formula is C69H123NO8. The van der Waals surface area contributed by atoms with Crippen LogP contribution in [0.15, 0.2) is 85.1 Å². The molecule has 9 heteroatoms. The van der Waals surface area contributed by atoms with Crippen LogP contribution in [0.3, 0.4) is 0 Å². The van der Waals surface area contributed by atoms with Gasteiger partial charge >= 0.3 is 0 Å². The quantitative estimate of drug-likeness (QED) is 0.0261.